The molecule has 0 bridgehead atoms. The quantitative estimate of drug-likeness (QED) is 0.753. The molecule has 0 saturated carbocycles. The van der Waals surface area contributed by atoms with Crippen LogP contribution < -0.4 is 0 Å². The standard InChI is InChI=1S/C23H35N3O2/c27-22-6-8-23(20-26(22)11-7-21-4-2-1-3-5-21)9-12-24(13-10-23)14-15-25-16-18-28-19-17-25/h1-5H,6-20H2. The predicted molar refractivity (Wildman–Crippen MR) is 111 cm³/mol. The Morgan fingerprint density at radius 2 is 1.54 bits per heavy atom. The molecule has 0 aliphatic carbocycles. The molecule has 1 aromatic rings. The van der Waals surface area contributed by atoms with E-state index in [1.54, 1.807) is 0 Å². The average Bonchev–Trinajstić information content (AvgIpc) is 2.76. The number of piperidine rings is 2. The molecule has 0 aromatic heterocycles. The molecule has 3 fully saturated rings. The highest BCUT2D eigenvalue weighted by Crippen LogP contribution is 2.40. The molecule has 28 heavy (non-hydrogen) atoms. The number of morpholine rings is 1. The summed E-state index contributed by atoms with van der Waals surface area (Å²) in [6.07, 6.45) is 5.28. The van der Waals surface area contributed by atoms with Gasteiger partial charge in [0.1, 0.15) is 0 Å². The van der Waals surface area contributed by atoms with Crippen molar-refractivity contribution < 1.29 is 9.53 Å². The Bertz CT molecular complexity index is 622. The number of benzene rings is 1. The van der Waals surface area contributed by atoms with Gasteiger partial charge in [0.25, 0.3) is 0 Å². The number of nitrogens with zero attached hydrogens (tertiary/aromatic N) is 3. The van der Waals surface area contributed by atoms with Gasteiger partial charge in [-0.3, -0.25) is 9.69 Å². The fourth-order valence-electron chi connectivity index (χ4n) is 4.98. The van der Waals surface area contributed by atoms with Crippen LogP contribution in [0.1, 0.15) is 31.2 Å². The lowest BCUT2D eigenvalue weighted by atomic mass is 9.72. The first kappa shape index (κ1) is 19.9. The zero-order valence-corrected chi connectivity index (χ0v) is 17.2. The monoisotopic (exact) mass is 385 g/mol. The Kier molecular flexibility index (Phi) is 6.65. The van der Waals surface area contributed by atoms with Crippen molar-refractivity contribution in [3.63, 3.8) is 0 Å². The van der Waals surface area contributed by atoms with Crippen molar-refractivity contribution in [1.29, 1.82) is 0 Å². The molecule has 1 spiro atoms. The smallest absolute Gasteiger partial charge is 0.222 e. The lowest BCUT2D eigenvalue weighted by Crippen LogP contribution is -2.52. The second kappa shape index (κ2) is 9.38. The summed E-state index contributed by atoms with van der Waals surface area (Å²) >= 11 is 0. The van der Waals surface area contributed by atoms with Gasteiger partial charge in [0.05, 0.1) is 13.2 Å². The van der Waals surface area contributed by atoms with Crippen LogP contribution in [0.3, 0.4) is 0 Å². The summed E-state index contributed by atoms with van der Waals surface area (Å²) in [5.41, 5.74) is 1.69. The molecule has 5 heteroatoms. The number of hydrogen-bond acceptors (Lipinski definition) is 4. The van der Waals surface area contributed by atoms with E-state index in [4.69, 9.17) is 4.74 Å². The van der Waals surface area contributed by atoms with E-state index in [1.165, 1.54) is 38.0 Å². The van der Waals surface area contributed by atoms with Crippen LogP contribution >= 0.6 is 0 Å². The molecule has 0 N–H and O–H groups in total. The highest BCUT2D eigenvalue weighted by atomic mass is 16.5. The first-order valence-corrected chi connectivity index (χ1v) is 11.1. The van der Waals surface area contributed by atoms with Crippen molar-refractivity contribution >= 4 is 5.91 Å². The van der Waals surface area contributed by atoms with Gasteiger partial charge in [-0.25, -0.2) is 0 Å². The summed E-state index contributed by atoms with van der Waals surface area (Å²) in [7, 11) is 0. The molecule has 154 valence electrons. The van der Waals surface area contributed by atoms with Crippen LogP contribution in [0.4, 0.5) is 0 Å². The number of hydrogen-bond donors (Lipinski definition) is 0. The number of likely N-dealkylation sites (tertiary alicyclic amines) is 2. The van der Waals surface area contributed by atoms with Crippen molar-refractivity contribution in [3.05, 3.63) is 35.9 Å². The summed E-state index contributed by atoms with van der Waals surface area (Å²) in [5, 5.41) is 0. The van der Waals surface area contributed by atoms with Crippen molar-refractivity contribution in [1.82, 2.24) is 14.7 Å². The molecular formula is C23H35N3O2. The second-order valence-corrected chi connectivity index (χ2v) is 8.85. The van der Waals surface area contributed by atoms with Crippen LogP contribution in [0.5, 0.6) is 0 Å². The Hall–Kier alpha value is -1.43. The maximum absolute atomic E-state index is 12.5. The molecule has 3 saturated heterocycles. The van der Waals surface area contributed by atoms with Crippen molar-refractivity contribution in [2.24, 2.45) is 5.41 Å². The van der Waals surface area contributed by atoms with E-state index >= 15 is 0 Å². The number of carbonyl (C=O) groups excluding carboxylic acids is 1. The largest absolute Gasteiger partial charge is 0.379 e. The molecule has 3 aliphatic rings. The highest BCUT2D eigenvalue weighted by Gasteiger charge is 2.40. The topological polar surface area (TPSA) is 36.0 Å². The van der Waals surface area contributed by atoms with Crippen LogP contribution in [0.15, 0.2) is 30.3 Å². The zero-order valence-electron chi connectivity index (χ0n) is 17.2. The van der Waals surface area contributed by atoms with Crippen LogP contribution in [0.2, 0.25) is 0 Å². The van der Waals surface area contributed by atoms with Crippen molar-refractivity contribution in [2.75, 3.05) is 65.6 Å². The number of carbonyl (C=O) groups is 1. The second-order valence-electron chi connectivity index (χ2n) is 8.85. The fraction of sp³-hybridized carbons (Fsp3) is 0.696. The third-order valence-corrected chi connectivity index (χ3v) is 7.01. The maximum atomic E-state index is 12.5. The molecule has 1 amide bonds. The van der Waals surface area contributed by atoms with Gasteiger partial charge < -0.3 is 14.5 Å². The van der Waals surface area contributed by atoms with Crippen LogP contribution in [-0.2, 0) is 16.0 Å². The van der Waals surface area contributed by atoms with Crippen LogP contribution in [-0.4, -0.2) is 86.2 Å². The van der Waals surface area contributed by atoms with E-state index in [0.717, 1.165) is 65.2 Å². The number of rotatable bonds is 6. The summed E-state index contributed by atoms with van der Waals surface area (Å²) in [6.45, 7) is 10.5. The van der Waals surface area contributed by atoms with E-state index < -0.39 is 0 Å². The molecule has 0 unspecified atom stereocenters. The molecule has 3 aliphatic heterocycles. The lowest BCUT2D eigenvalue weighted by Gasteiger charge is -2.47. The van der Waals surface area contributed by atoms with E-state index in [1.807, 2.05) is 0 Å². The van der Waals surface area contributed by atoms with Crippen molar-refractivity contribution in [2.45, 2.75) is 32.1 Å². The highest BCUT2D eigenvalue weighted by molar-refractivity contribution is 5.77. The van der Waals surface area contributed by atoms with Gasteiger partial charge in [-0.05, 0) is 49.8 Å². The predicted octanol–water partition coefficient (Wildman–Crippen LogP) is 2.27. The fourth-order valence-corrected chi connectivity index (χ4v) is 4.98. The third-order valence-electron chi connectivity index (χ3n) is 7.01. The number of ether oxygens (including phenoxy) is 1. The normalized spacial score (nSPS) is 24.0. The van der Waals surface area contributed by atoms with Gasteiger partial charge in [0.2, 0.25) is 5.91 Å². The first-order valence-electron chi connectivity index (χ1n) is 11.1. The summed E-state index contributed by atoms with van der Waals surface area (Å²) in [6, 6.07) is 10.6. The number of amides is 1. The maximum Gasteiger partial charge on any atom is 0.222 e. The Morgan fingerprint density at radius 3 is 2.25 bits per heavy atom. The molecule has 5 nitrogen and oxygen atoms in total. The Morgan fingerprint density at radius 1 is 0.857 bits per heavy atom. The van der Waals surface area contributed by atoms with Gasteiger partial charge >= 0.3 is 0 Å². The van der Waals surface area contributed by atoms with Gasteiger partial charge in [-0.2, -0.15) is 0 Å². The molecule has 1 aromatic carbocycles. The van der Waals surface area contributed by atoms with Gasteiger partial charge in [0.15, 0.2) is 0 Å². The SMILES string of the molecule is O=C1CCC2(CCN(CCN3CCOCC3)CC2)CN1CCc1ccccc1. The summed E-state index contributed by atoms with van der Waals surface area (Å²) in [4.78, 5) is 19.8. The molecule has 0 atom stereocenters. The summed E-state index contributed by atoms with van der Waals surface area (Å²) < 4.78 is 5.45. The van der Waals surface area contributed by atoms with E-state index in [-0.39, 0.29) is 0 Å². The van der Waals surface area contributed by atoms with Gasteiger partial charge in [-0.1, -0.05) is 30.3 Å². The molecule has 4 rings (SSSR count). The summed E-state index contributed by atoms with van der Waals surface area (Å²) in [5.74, 6) is 0.358. The average molecular weight is 386 g/mol. The Labute approximate surface area is 169 Å². The Balaban J connectivity index is 1.24. The third kappa shape index (κ3) is 5.13. The van der Waals surface area contributed by atoms with E-state index in [0.29, 0.717) is 11.3 Å². The molecule has 3 heterocycles. The van der Waals surface area contributed by atoms with Crippen molar-refractivity contribution in [3.8, 4) is 0 Å². The zero-order chi connectivity index (χ0) is 19.2. The minimum Gasteiger partial charge on any atom is -0.379 e. The van der Waals surface area contributed by atoms with E-state index in [2.05, 4.69) is 45.0 Å². The first-order chi connectivity index (χ1) is 13.7. The van der Waals surface area contributed by atoms with Crippen LogP contribution in [0, 0.1) is 5.41 Å². The molecule has 0 radical (unpaired) electrons. The van der Waals surface area contributed by atoms with E-state index in [9.17, 15) is 4.79 Å². The van der Waals surface area contributed by atoms with Gasteiger partial charge in [-0.15, -0.1) is 0 Å². The lowest BCUT2D eigenvalue weighted by molar-refractivity contribution is -0.139. The van der Waals surface area contributed by atoms with Crippen LogP contribution in [0.25, 0.3) is 0 Å². The molecular weight excluding hydrogens is 350 g/mol. The minimum atomic E-state index is 0.358. The van der Waals surface area contributed by atoms with Gasteiger partial charge in [0, 0.05) is 45.7 Å². The minimum absolute atomic E-state index is 0.358.